The molecule has 0 saturated heterocycles. The Labute approximate surface area is 272 Å². The summed E-state index contributed by atoms with van der Waals surface area (Å²) in [6, 6.07) is 11.8. The van der Waals surface area contributed by atoms with Crippen molar-refractivity contribution in [2.24, 2.45) is 0 Å². The number of carbonyl (C=O) groups excluding carboxylic acids is 3. The summed E-state index contributed by atoms with van der Waals surface area (Å²) in [5.41, 5.74) is -0.821. The van der Waals surface area contributed by atoms with E-state index in [9.17, 15) is 33.9 Å². The maximum absolute atomic E-state index is 13.5. The smallest absolute Gasteiger partial charge is 0.480 e. The Morgan fingerprint density at radius 2 is 1.74 bits per heavy atom. The SMILES string of the molecule is Cc1cn(CC(=O)N(CCNC(=O)OC(C)(C)C)[C@@H](Cc2ccc(OC(=O)OCc3ccccc3Br)cc2)C(=O)O)c(=O)[nH]c1=O. The van der Waals surface area contributed by atoms with E-state index in [1.165, 1.54) is 37.4 Å². The highest BCUT2D eigenvalue weighted by molar-refractivity contribution is 9.10. The number of hydrogen-bond acceptors (Lipinski definition) is 9. The third-order valence-corrected chi connectivity index (χ3v) is 7.13. The van der Waals surface area contributed by atoms with Crippen LogP contribution in [0.2, 0.25) is 0 Å². The fourth-order valence-electron chi connectivity index (χ4n) is 4.14. The number of amides is 2. The van der Waals surface area contributed by atoms with Gasteiger partial charge < -0.3 is 29.5 Å². The van der Waals surface area contributed by atoms with Crippen LogP contribution >= 0.6 is 15.9 Å². The van der Waals surface area contributed by atoms with E-state index in [1.54, 1.807) is 32.9 Å². The molecular weight excluding hydrogens is 668 g/mol. The molecular formula is C31H35BrN4O10. The maximum atomic E-state index is 13.5. The highest BCUT2D eigenvalue weighted by atomic mass is 79.9. The first-order valence-electron chi connectivity index (χ1n) is 14.1. The van der Waals surface area contributed by atoms with Crippen LogP contribution in [0.3, 0.4) is 0 Å². The summed E-state index contributed by atoms with van der Waals surface area (Å²) in [7, 11) is 0. The summed E-state index contributed by atoms with van der Waals surface area (Å²) in [6.07, 6.45) is -0.660. The molecule has 15 heteroatoms. The first kappa shape index (κ1) is 35.6. The van der Waals surface area contributed by atoms with Crippen LogP contribution in [0.15, 0.2) is 68.8 Å². The number of halogens is 1. The van der Waals surface area contributed by atoms with Gasteiger partial charge in [-0.3, -0.25) is 19.1 Å². The summed E-state index contributed by atoms with van der Waals surface area (Å²) < 4.78 is 17.3. The van der Waals surface area contributed by atoms with Crippen molar-refractivity contribution in [1.82, 2.24) is 19.8 Å². The number of carbonyl (C=O) groups is 4. The van der Waals surface area contributed by atoms with Crippen LogP contribution in [0.4, 0.5) is 9.59 Å². The summed E-state index contributed by atoms with van der Waals surface area (Å²) in [4.78, 5) is 77.5. The average molecular weight is 704 g/mol. The summed E-state index contributed by atoms with van der Waals surface area (Å²) >= 11 is 3.37. The number of hydrogen-bond donors (Lipinski definition) is 3. The molecule has 0 bridgehead atoms. The van der Waals surface area contributed by atoms with Gasteiger partial charge >= 0.3 is 23.9 Å². The van der Waals surface area contributed by atoms with Gasteiger partial charge in [0.15, 0.2) is 0 Å². The summed E-state index contributed by atoms with van der Waals surface area (Å²) in [6.45, 7) is 5.51. The predicted molar refractivity (Wildman–Crippen MR) is 169 cm³/mol. The van der Waals surface area contributed by atoms with Crippen molar-refractivity contribution in [3.8, 4) is 5.75 Å². The molecule has 0 radical (unpaired) electrons. The zero-order valence-electron chi connectivity index (χ0n) is 25.7. The topological polar surface area (TPSA) is 186 Å². The molecule has 2 amide bonds. The van der Waals surface area contributed by atoms with Crippen molar-refractivity contribution in [2.45, 2.75) is 58.9 Å². The van der Waals surface area contributed by atoms with Crippen LogP contribution < -0.4 is 21.3 Å². The van der Waals surface area contributed by atoms with E-state index in [4.69, 9.17) is 14.2 Å². The molecule has 0 spiro atoms. The number of aryl methyl sites for hydroxylation is 1. The molecule has 0 unspecified atom stereocenters. The largest absolute Gasteiger partial charge is 0.514 e. The summed E-state index contributed by atoms with van der Waals surface area (Å²) in [5, 5.41) is 12.6. The standard InChI is InChI=1S/C31H35BrN4O10/c1-19-16-35(28(41)34-26(19)38)17-25(37)36(14-13-33-29(42)46-31(2,3)4)24(27(39)40)15-20-9-11-22(12-10-20)45-30(43)44-18-21-7-5-6-8-23(21)32/h5-12,16,24H,13-15,17-18H2,1-4H3,(H,33,42)(H,39,40)(H,34,38,41)/t24-/m0/s1. The molecule has 1 aromatic heterocycles. The van der Waals surface area contributed by atoms with Crippen molar-refractivity contribution in [3.63, 3.8) is 0 Å². The Morgan fingerprint density at radius 1 is 1.07 bits per heavy atom. The minimum atomic E-state index is -1.42. The maximum Gasteiger partial charge on any atom is 0.514 e. The number of aliphatic carboxylic acids is 1. The molecule has 0 aliphatic heterocycles. The minimum absolute atomic E-state index is 0.0178. The number of carboxylic acids is 1. The van der Waals surface area contributed by atoms with Gasteiger partial charge in [-0.2, -0.15) is 0 Å². The highest BCUT2D eigenvalue weighted by Crippen LogP contribution is 2.19. The number of rotatable bonds is 12. The quantitative estimate of drug-likeness (QED) is 0.187. The number of carboxylic acid groups (broad SMARTS) is 1. The molecule has 2 aromatic carbocycles. The van der Waals surface area contributed by atoms with Crippen LogP contribution in [-0.4, -0.2) is 68.4 Å². The molecule has 0 aliphatic rings. The molecule has 0 saturated carbocycles. The molecule has 14 nitrogen and oxygen atoms in total. The molecule has 246 valence electrons. The zero-order valence-corrected chi connectivity index (χ0v) is 27.3. The number of nitrogens with one attached hydrogen (secondary N) is 2. The number of alkyl carbamates (subject to hydrolysis) is 1. The number of aromatic amines is 1. The molecule has 3 rings (SSSR count). The fraction of sp³-hybridized carbons (Fsp3) is 0.355. The molecule has 3 N–H and O–H groups in total. The van der Waals surface area contributed by atoms with Crippen LogP contribution in [0, 0.1) is 6.92 Å². The monoisotopic (exact) mass is 702 g/mol. The summed E-state index contributed by atoms with van der Waals surface area (Å²) in [5.74, 6) is -1.94. The second-order valence-electron chi connectivity index (χ2n) is 11.1. The fourth-order valence-corrected chi connectivity index (χ4v) is 4.54. The molecule has 1 heterocycles. The average Bonchev–Trinajstić information content (AvgIpc) is 2.96. The number of benzene rings is 2. The molecule has 1 atom stereocenters. The van der Waals surface area contributed by atoms with E-state index in [2.05, 4.69) is 26.2 Å². The van der Waals surface area contributed by atoms with Gasteiger partial charge in [0.25, 0.3) is 5.56 Å². The van der Waals surface area contributed by atoms with E-state index in [-0.39, 0.29) is 37.4 Å². The number of ether oxygens (including phenoxy) is 3. The number of nitrogens with zero attached hydrogens (tertiary/aromatic N) is 2. The normalized spacial score (nSPS) is 11.7. The van der Waals surface area contributed by atoms with Crippen molar-refractivity contribution in [3.05, 3.63) is 96.7 Å². The Bertz CT molecular complexity index is 1680. The van der Waals surface area contributed by atoms with E-state index in [0.29, 0.717) is 5.56 Å². The predicted octanol–water partition coefficient (Wildman–Crippen LogP) is 3.37. The Hall–Kier alpha value is -4.92. The Morgan fingerprint density at radius 3 is 2.37 bits per heavy atom. The lowest BCUT2D eigenvalue weighted by Gasteiger charge is -2.30. The van der Waals surface area contributed by atoms with Crippen LogP contribution in [-0.2, 0) is 38.6 Å². The minimum Gasteiger partial charge on any atom is -0.480 e. The van der Waals surface area contributed by atoms with Crippen LogP contribution in [0.1, 0.15) is 37.5 Å². The van der Waals surface area contributed by atoms with Gasteiger partial charge in [0.2, 0.25) is 5.91 Å². The van der Waals surface area contributed by atoms with E-state index in [0.717, 1.165) is 19.5 Å². The van der Waals surface area contributed by atoms with Gasteiger partial charge in [-0.1, -0.05) is 46.3 Å². The van der Waals surface area contributed by atoms with E-state index < -0.39 is 53.6 Å². The third-order valence-electron chi connectivity index (χ3n) is 6.35. The van der Waals surface area contributed by atoms with Gasteiger partial charge in [-0.25, -0.2) is 19.2 Å². The van der Waals surface area contributed by atoms with Gasteiger partial charge in [0.1, 0.15) is 30.5 Å². The second kappa shape index (κ2) is 15.9. The van der Waals surface area contributed by atoms with Crippen LogP contribution in [0.5, 0.6) is 5.75 Å². The van der Waals surface area contributed by atoms with E-state index in [1.807, 2.05) is 12.1 Å². The first-order chi connectivity index (χ1) is 21.6. The lowest BCUT2D eigenvalue weighted by atomic mass is 10.0. The molecule has 0 fully saturated rings. The highest BCUT2D eigenvalue weighted by Gasteiger charge is 2.30. The molecule has 46 heavy (non-hydrogen) atoms. The van der Waals surface area contributed by atoms with Gasteiger partial charge in [0, 0.05) is 41.3 Å². The lowest BCUT2D eigenvalue weighted by Crippen LogP contribution is -2.51. The first-order valence-corrected chi connectivity index (χ1v) is 14.9. The van der Waals surface area contributed by atoms with Gasteiger partial charge in [0.05, 0.1) is 0 Å². The van der Waals surface area contributed by atoms with Crippen molar-refractivity contribution in [1.29, 1.82) is 0 Å². The number of H-pyrrole nitrogens is 1. The van der Waals surface area contributed by atoms with Crippen LogP contribution in [0.25, 0.3) is 0 Å². The second-order valence-corrected chi connectivity index (χ2v) is 12.0. The third kappa shape index (κ3) is 10.9. The number of aromatic nitrogens is 2. The van der Waals surface area contributed by atoms with E-state index >= 15 is 0 Å². The zero-order chi connectivity index (χ0) is 34.0. The van der Waals surface area contributed by atoms with Gasteiger partial charge in [-0.15, -0.1) is 0 Å². The molecule has 0 aliphatic carbocycles. The van der Waals surface area contributed by atoms with Crippen molar-refractivity contribution >= 4 is 40.1 Å². The molecule has 3 aromatic rings. The lowest BCUT2D eigenvalue weighted by molar-refractivity contribution is -0.150. The Kier molecular flexibility index (Phi) is 12.3. The van der Waals surface area contributed by atoms with Crippen molar-refractivity contribution in [2.75, 3.05) is 13.1 Å². The van der Waals surface area contributed by atoms with Crippen molar-refractivity contribution < 1.29 is 38.5 Å². The van der Waals surface area contributed by atoms with Gasteiger partial charge in [-0.05, 0) is 51.5 Å². The Balaban J connectivity index is 1.74.